The largest absolute Gasteiger partial charge is 0.449 e. The summed E-state index contributed by atoms with van der Waals surface area (Å²) < 4.78 is 33.4. The molecule has 0 saturated heterocycles. The Morgan fingerprint density at radius 1 is 1.10 bits per heavy atom. The SMILES string of the molecule is CC(OC(=O)/C=C/c1ccc(OC(F)F)cc1)C(=O)NC(=O)NC1CCCCC1. The Labute approximate surface area is 167 Å². The first kappa shape index (κ1) is 22.3. The summed E-state index contributed by atoms with van der Waals surface area (Å²) in [5.74, 6) is -1.52. The Bertz CT molecular complexity index is 731. The van der Waals surface area contributed by atoms with E-state index < -0.39 is 30.6 Å². The van der Waals surface area contributed by atoms with Crippen molar-refractivity contribution in [2.45, 2.75) is 57.8 Å². The lowest BCUT2D eigenvalue weighted by Gasteiger charge is -2.23. The van der Waals surface area contributed by atoms with E-state index in [9.17, 15) is 23.2 Å². The van der Waals surface area contributed by atoms with E-state index in [1.54, 1.807) is 0 Å². The topological polar surface area (TPSA) is 93.7 Å². The zero-order chi connectivity index (χ0) is 21.2. The number of benzene rings is 1. The summed E-state index contributed by atoms with van der Waals surface area (Å²) in [7, 11) is 0. The van der Waals surface area contributed by atoms with Gasteiger partial charge in [0.15, 0.2) is 6.10 Å². The van der Waals surface area contributed by atoms with Crippen LogP contribution in [0.5, 0.6) is 5.75 Å². The summed E-state index contributed by atoms with van der Waals surface area (Å²) in [5.41, 5.74) is 0.549. The lowest BCUT2D eigenvalue weighted by atomic mass is 9.96. The number of esters is 1. The van der Waals surface area contributed by atoms with Crippen molar-refractivity contribution in [3.63, 3.8) is 0 Å². The molecule has 29 heavy (non-hydrogen) atoms. The molecule has 158 valence electrons. The molecule has 1 aromatic rings. The van der Waals surface area contributed by atoms with Crippen molar-refractivity contribution in [3.8, 4) is 5.75 Å². The minimum Gasteiger partial charge on any atom is -0.449 e. The molecule has 0 aromatic heterocycles. The highest BCUT2D eigenvalue weighted by Gasteiger charge is 2.21. The van der Waals surface area contributed by atoms with Gasteiger partial charge in [-0.2, -0.15) is 8.78 Å². The fraction of sp³-hybridized carbons (Fsp3) is 0.450. The lowest BCUT2D eigenvalue weighted by molar-refractivity contribution is -0.149. The van der Waals surface area contributed by atoms with Gasteiger partial charge in [-0.25, -0.2) is 9.59 Å². The van der Waals surface area contributed by atoms with Crippen molar-refractivity contribution in [3.05, 3.63) is 35.9 Å². The predicted octanol–water partition coefficient (Wildman–Crippen LogP) is 3.39. The number of hydrogen-bond donors (Lipinski definition) is 2. The number of hydrogen-bond acceptors (Lipinski definition) is 5. The van der Waals surface area contributed by atoms with Crippen LogP contribution in [0.4, 0.5) is 13.6 Å². The molecule has 9 heteroatoms. The number of amides is 3. The van der Waals surface area contributed by atoms with Crippen LogP contribution < -0.4 is 15.4 Å². The van der Waals surface area contributed by atoms with E-state index in [0.717, 1.165) is 38.2 Å². The van der Waals surface area contributed by atoms with Crippen molar-refractivity contribution in [1.82, 2.24) is 10.6 Å². The zero-order valence-corrected chi connectivity index (χ0v) is 16.0. The number of alkyl halides is 2. The molecule has 0 aliphatic heterocycles. The van der Waals surface area contributed by atoms with Gasteiger partial charge in [0.05, 0.1) is 0 Å². The second-order valence-electron chi connectivity index (χ2n) is 6.66. The summed E-state index contributed by atoms with van der Waals surface area (Å²) in [6, 6.07) is 5.07. The summed E-state index contributed by atoms with van der Waals surface area (Å²) in [5, 5.41) is 4.90. The highest BCUT2D eigenvalue weighted by molar-refractivity contribution is 5.98. The minimum atomic E-state index is -2.91. The average Bonchev–Trinajstić information content (AvgIpc) is 2.67. The van der Waals surface area contributed by atoms with Gasteiger partial charge in [-0.05, 0) is 43.5 Å². The van der Waals surface area contributed by atoms with E-state index in [2.05, 4.69) is 15.4 Å². The Morgan fingerprint density at radius 3 is 2.38 bits per heavy atom. The third kappa shape index (κ3) is 8.28. The van der Waals surface area contributed by atoms with Gasteiger partial charge in [-0.15, -0.1) is 0 Å². The van der Waals surface area contributed by atoms with Crippen LogP contribution >= 0.6 is 0 Å². The van der Waals surface area contributed by atoms with Crippen LogP contribution in [-0.2, 0) is 14.3 Å². The molecule has 0 bridgehead atoms. The molecule has 0 radical (unpaired) electrons. The highest BCUT2D eigenvalue weighted by atomic mass is 19.3. The molecule has 1 unspecified atom stereocenters. The normalized spacial score (nSPS) is 15.7. The summed E-state index contributed by atoms with van der Waals surface area (Å²) >= 11 is 0. The van der Waals surface area contributed by atoms with Crippen molar-refractivity contribution in [1.29, 1.82) is 0 Å². The van der Waals surface area contributed by atoms with Gasteiger partial charge in [0.2, 0.25) is 0 Å². The van der Waals surface area contributed by atoms with Gasteiger partial charge in [0, 0.05) is 12.1 Å². The minimum absolute atomic E-state index is 0.00322. The van der Waals surface area contributed by atoms with Gasteiger partial charge < -0.3 is 14.8 Å². The summed E-state index contributed by atoms with van der Waals surface area (Å²) in [4.78, 5) is 35.7. The number of ether oxygens (including phenoxy) is 2. The van der Waals surface area contributed by atoms with E-state index in [1.807, 2.05) is 0 Å². The smallest absolute Gasteiger partial charge is 0.387 e. The van der Waals surface area contributed by atoms with Crippen LogP contribution in [0.25, 0.3) is 6.08 Å². The van der Waals surface area contributed by atoms with Gasteiger partial charge in [-0.3, -0.25) is 10.1 Å². The van der Waals surface area contributed by atoms with Crippen LogP contribution in [-0.4, -0.2) is 36.7 Å². The molecule has 2 N–H and O–H groups in total. The van der Waals surface area contributed by atoms with Crippen molar-refractivity contribution in [2.75, 3.05) is 0 Å². The monoisotopic (exact) mass is 410 g/mol. The van der Waals surface area contributed by atoms with E-state index in [0.29, 0.717) is 5.56 Å². The number of nitrogens with one attached hydrogen (secondary N) is 2. The maximum atomic E-state index is 12.1. The van der Waals surface area contributed by atoms with Crippen molar-refractivity contribution in [2.24, 2.45) is 0 Å². The number of carbonyl (C=O) groups is 3. The fourth-order valence-corrected chi connectivity index (χ4v) is 2.87. The molecule has 1 atom stereocenters. The first-order valence-electron chi connectivity index (χ1n) is 9.38. The first-order valence-corrected chi connectivity index (χ1v) is 9.38. The van der Waals surface area contributed by atoms with Crippen LogP contribution in [0.2, 0.25) is 0 Å². The number of imide groups is 1. The number of rotatable bonds is 7. The Kier molecular flexibility index (Phi) is 8.57. The van der Waals surface area contributed by atoms with Crippen molar-refractivity contribution < 1.29 is 32.6 Å². The van der Waals surface area contributed by atoms with Crippen LogP contribution in [0.1, 0.15) is 44.6 Å². The molecular weight excluding hydrogens is 386 g/mol. The molecule has 1 aliphatic rings. The van der Waals surface area contributed by atoms with Crippen LogP contribution in [0.3, 0.4) is 0 Å². The molecule has 1 saturated carbocycles. The van der Waals surface area contributed by atoms with Crippen molar-refractivity contribution >= 4 is 24.0 Å². The quantitative estimate of drug-likeness (QED) is 0.531. The zero-order valence-electron chi connectivity index (χ0n) is 16.0. The molecule has 0 heterocycles. The highest BCUT2D eigenvalue weighted by Crippen LogP contribution is 2.17. The number of halogens is 2. The third-order valence-corrected chi connectivity index (χ3v) is 4.36. The van der Waals surface area contributed by atoms with E-state index in [1.165, 1.54) is 37.3 Å². The van der Waals surface area contributed by atoms with Gasteiger partial charge in [0.25, 0.3) is 5.91 Å². The van der Waals surface area contributed by atoms with Crippen LogP contribution in [0, 0.1) is 0 Å². The van der Waals surface area contributed by atoms with E-state index in [4.69, 9.17) is 4.74 Å². The molecule has 2 rings (SSSR count). The van der Waals surface area contributed by atoms with Gasteiger partial charge >= 0.3 is 18.6 Å². The van der Waals surface area contributed by atoms with Crippen LogP contribution in [0.15, 0.2) is 30.3 Å². The average molecular weight is 410 g/mol. The Hall–Kier alpha value is -2.97. The van der Waals surface area contributed by atoms with E-state index >= 15 is 0 Å². The Balaban J connectivity index is 1.76. The predicted molar refractivity (Wildman–Crippen MR) is 101 cm³/mol. The molecule has 1 fully saturated rings. The molecule has 1 aromatic carbocycles. The van der Waals surface area contributed by atoms with Gasteiger partial charge in [-0.1, -0.05) is 31.4 Å². The van der Waals surface area contributed by atoms with E-state index in [-0.39, 0.29) is 11.8 Å². The Morgan fingerprint density at radius 2 is 1.76 bits per heavy atom. The number of carbonyl (C=O) groups excluding carboxylic acids is 3. The standard InChI is InChI=1S/C20H24F2N2O5/c1-13(18(26)24-20(27)23-15-5-3-2-4-6-15)28-17(25)12-9-14-7-10-16(11-8-14)29-19(21)22/h7-13,15,19H,2-6H2,1H3,(H2,23,24,26,27)/b12-9+. The lowest BCUT2D eigenvalue weighted by Crippen LogP contribution is -2.48. The maximum Gasteiger partial charge on any atom is 0.387 e. The molecule has 3 amide bonds. The fourth-order valence-electron chi connectivity index (χ4n) is 2.87. The maximum absolute atomic E-state index is 12.1. The first-order chi connectivity index (χ1) is 13.8. The summed E-state index contributed by atoms with van der Waals surface area (Å²) in [6.07, 6.45) is 6.32. The third-order valence-electron chi connectivity index (χ3n) is 4.36. The molecular formula is C20H24F2N2O5. The molecule has 7 nitrogen and oxygen atoms in total. The number of urea groups is 1. The molecule has 0 spiro atoms. The van der Waals surface area contributed by atoms with Gasteiger partial charge in [0.1, 0.15) is 5.75 Å². The second kappa shape index (κ2) is 11.1. The second-order valence-corrected chi connectivity index (χ2v) is 6.66. The molecule has 1 aliphatic carbocycles. The summed E-state index contributed by atoms with van der Waals surface area (Å²) in [6.45, 7) is -1.56.